The molecule has 1 aliphatic heterocycles. The number of hydrogen-bond donors (Lipinski definition) is 0. The maximum Gasteiger partial charge on any atom is 0.330 e. The lowest BCUT2D eigenvalue weighted by molar-refractivity contribution is -0.127. The van der Waals surface area contributed by atoms with Gasteiger partial charge in [0.25, 0.3) is 11.5 Å². The minimum Gasteiger partial charge on any atom is -0.336 e. The molecule has 0 aliphatic carbocycles. The molecule has 1 aromatic heterocycles. The summed E-state index contributed by atoms with van der Waals surface area (Å²) in [6.45, 7) is 0.978. The van der Waals surface area contributed by atoms with Crippen LogP contribution in [0.2, 0.25) is 0 Å². The number of halogens is 2. The van der Waals surface area contributed by atoms with Gasteiger partial charge in [0.05, 0.1) is 5.56 Å². The highest BCUT2D eigenvalue weighted by atomic mass is 19.2. The van der Waals surface area contributed by atoms with Gasteiger partial charge in [0.2, 0.25) is 5.91 Å². The van der Waals surface area contributed by atoms with Crippen LogP contribution >= 0.6 is 0 Å². The lowest BCUT2D eigenvalue weighted by atomic mass is 10.1. The fraction of sp³-hybridized carbons (Fsp3) is 0.300. The molecule has 158 valence electrons. The zero-order chi connectivity index (χ0) is 22.0. The summed E-state index contributed by atoms with van der Waals surface area (Å²) in [5, 5.41) is 0. The molecule has 8 nitrogen and oxygen atoms in total. The second-order valence-corrected chi connectivity index (χ2v) is 6.92. The van der Waals surface area contributed by atoms with Crippen molar-refractivity contribution >= 4 is 17.9 Å². The molecule has 2 amide bonds. The maximum absolute atomic E-state index is 13.4. The predicted octanol–water partition coefficient (Wildman–Crippen LogP) is 0.360. The van der Waals surface area contributed by atoms with Crippen molar-refractivity contribution in [2.45, 2.75) is 0 Å². The molecule has 1 aliphatic rings. The van der Waals surface area contributed by atoms with Crippen LogP contribution in [0, 0.1) is 11.6 Å². The monoisotopic (exact) mass is 418 g/mol. The lowest BCUT2D eigenvalue weighted by Crippen LogP contribution is -2.50. The molecular weight excluding hydrogens is 398 g/mol. The number of rotatable bonds is 3. The normalized spacial score (nSPS) is 14.4. The Hall–Kier alpha value is -3.56. The first-order valence-electron chi connectivity index (χ1n) is 9.17. The van der Waals surface area contributed by atoms with E-state index in [-0.39, 0.29) is 43.2 Å². The predicted molar refractivity (Wildman–Crippen MR) is 105 cm³/mol. The zero-order valence-corrected chi connectivity index (χ0v) is 16.5. The van der Waals surface area contributed by atoms with Crippen molar-refractivity contribution < 1.29 is 18.4 Å². The van der Waals surface area contributed by atoms with E-state index in [4.69, 9.17) is 0 Å². The van der Waals surface area contributed by atoms with E-state index >= 15 is 0 Å². The van der Waals surface area contributed by atoms with Gasteiger partial charge in [-0.25, -0.2) is 13.6 Å². The molecule has 0 N–H and O–H groups in total. The average Bonchev–Trinajstić information content (AvgIpc) is 2.75. The molecule has 10 heteroatoms. The SMILES string of the molecule is Cn1cc(/C=C/C(=O)N2CCN(C(=O)c3ccc(F)c(F)c3)CC2)c(=O)n(C)c1=O. The molecule has 0 saturated carbocycles. The van der Waals surface area contributed by atoms with Gasteiger partial charge in [-0.2, -0.15) is 0 Å². The number of aromatic nitrogens is 2. The maximum atomic E-state index is 13.4. The van der Waals surface area contributed by atoms with E-state index in [0.29, 0.717) is 0 Å². The molecule has 3 rings (SSSR count). The second-order valence-electron chi connectivity index (χ2n) is 6.92. The Morgan fingerprint density at radius 2 is 1.60 bits per heavy atom. The van der Waals surface area contributed by atoms with E-state index < -0.39 is 28.8 Å². The van der Waals surface area contributed by atoms with Gasteiger partial charge < -0.3 is 14.4 Å². The molecule has 0 unspecified atom stereocenters. The average molecular weight is 418 g/mol. The van der Waals surface area contributed by atoms with Crippen LogP contribution in [0.3, 0.4) is 0 Å². The molecule has 0 radical (unpaired) electrons. The van der Waals surface area contributed by atoms with Crippen LogP contribution in [0.15, 0.2) is 40.1 Å². The van der Waals surface area contributed by atoms with Crippen LogP contribution < -0.4 is 11.2 Å². The van der Waals surface area contributed by atoms with E-state index in [9.17, 15) is 28.0 Å². The first kappa shape index (κ1) is 21.2. The molecule has 0 bridgehead atoms. The van der Waals surface area contributed by atoms with Crippen molar-refractivity contribution in [3.8, 4) is 0 Å². The summed E-state index contributed by atoms with van der Waals surface area (Å²) >= 11 is 0. The third-order valence-electron chi connectivity index (χ3n) is 4.92. The molecule has 2 aromatic rings. The van der Waals surface area contributed by atoms with Crippen molar-refractivity contribution in [1.29, 1.82) is 0 Å². The minimum absolute atomic E-state index is 0.0408. The highest BCUT2D eigenvalue weighted by molar-refractivity contribution is 5.95. The van der Waals surface area contributed by atoms with Crippen LogP contribution in [0.4, 0.5) is 8.78 Å². The number of piperazine rings is 1. The standard InChI is InChI=1S/C20H20F2N4O4/c1-23-12-14(18(28)24(2)20(23)30)4-6-17(27)25-7-9-26(10-8-25)19(29)13-3-5-15(21)16(22)11-13/h3-6,11-12H,7-10H2,1-2H3/b6-4+. The Kier molecular flexibility index (Phi) is 5.95. The molecule has 1 fully saturated rings. The highest BCUT2D eigenvalue weighted by Crippen LogP contribution is 2.13. The third kappa shape index (κ3) is 4.22. The summed E-state index contributed by atoms with van der Waals surface area (Å²) in [5.74, 6) is -2.90. The van der Waals surface area contributed by atoms with Crippen molar-refractivity contribution in [1.82, 2.24) is 18.9 Å². The van der Waals surface area contributed by atoms with Crippen molar-refractivity contribution in [2.75, 3.05) is 26.2 Å². The number of benzene rings is 1. The number of carbonyl (C=O) groups excluding carboxylic acids is 2. The molecule has 1 aromatic carbocycles. The fourth-order valence-corrected chi connectivity index (χ4v) is 3.16. The van der Waals surface area contributed by atoms with Crippen LogP contribution in [0.1, 0.15) is 15.9 Å². The van der Waals surface area contributed by atoms with Crippen LogP contribution in [0.25, 0.3) is 6.08 Å². The summed E-state index contributed by atoms with van der Waals surface area (Å²) in [5.41, 5.74) is -0.742. The zero-order valence-electron chi connectivity index (χ0n) is 16.5. The summed E-state index contributed by atoms with van der Waals surface area (Å²) in [7, 11) is 2.86. The molecule has 0 atom stereocenters. The Morgan fingerprint density at radius 1 is 0.967 bits per heavy atom. The van der Waals surface area contributed by atoms with E-state index in [2.05, 4.69) is 0 Å². The number of amides is 2. The Morgan fingerprint density at radius 3 is 2.23 bits per heavy atom. The van der Waals surface area contributed by atoms with Gasteiger partial charge in [0.1, 0.15) is 0 Å². The van der Waals surface area contributed by atoms with Gasteiger partial charge in [-0.3, -0.25) is 19.0 Å². The van der Waals surface area contributed by atoms with Crippen molar-refractivity contribution in [3.63, 3.8) is 0 Å². The fourth-order valence-electron chi connectivity index (χ4n) is 3.16. The van der Waals surface area contributed by atoms with Gasteiger partial charge in [-0.05, 0) is 24.3 Å². The number of hydrogen-bond acceptors (Lipinski definition) is 4. The molecule has 1 saturated heterocycles. The number of aryl methyl sites for hydroxylation is 1. The van der Waals surface area contributed by atoms with Crippen LogP contribution in [-0.2, 0) is 18.9 Å². The summed E-state index contributed by atoms with van der Waals surface area (Å²) < 4.78 is 28.6. The lowest BCUT2D eigenvalue weighted by Gasteiger charge is -2.34. The largest absolute Gasteiger partial charge is 0.336 e. The van der Waals surface area contributed by atoms with Crippen molar-refractivity contribution in [3.05, 3.63) is 74.1 Å². The van der Waals surface area contributed by atoms with Crippen molar-refractivity contribution in [2.24, 2.45) is 14.1 Å². The third-order valence-corrected chi connectivity index (χ3v) is 4.92. The van der Waals surface area contributed by atoms with E-state index in [1.54, 1.807) is 0 Å². The first-order valence-corrected chi connectivity index (χ1v) is 9.17. The second kappa shape index (κ2) is 8.44. The van der Waals surface area contributed by atoms with Crippen LogP contribution in [-0.4, -0.2) is 56.9 Å². The summed E-state index contributed by atoms with van der Waals surface area (Å²) in [6, 6.07) is 2.97. The number of carbonyl (C=O) groups is 2. The van der Waals surface area contributed by atoms with E-state index in [1.807, 2.05) is 0 Å². The molecule has 2 heterocycles. The highest BCUT2D eigenvalue weighted by Gasteiger charge is 2.24. The summed E-state index contributed by atoms with van der Waals surface area (Å²) in [6.07, 6.45) is 3.95. The smallest absolute Gasteiger partial charge is 0.330 e. The topological polar surface area (TPSA) is 84.6 Å². The van der Waals surface area contributed by atoms with Gasteiger partial charge in [0.15, 0.2) is 11.6 Å². The Balaban J connectivity index is 1.64. The molecule has 0 spiro atoms. The number of nitrogens with zero attached hydrogens (tertiary/aromatic N) is 4. The van der Waals surface area contributed by atoms with Gasteiger partial charge in [-0.15, -0.1) is 0 Å². The van der Waals surface area contributed by atoms with E-state index in [0.717, 1.165) is 16.7 Å². The Bertz CT molecular complexity index is 1140. The van der Waals surface area contributed by atoms with Crippen LogP contribution in [0.5, 0.6) is 0 Å². The molecular formula is C20H20F2N4O4. The Labute approximate surface area is 170 Å². The van der Waals surface area contributed by atoms with Gasteiger partial charge in [0, 0.05) is 58.1 Å². The van der Waals surface area contributed by atoms with Gasteiger partial charge in [-0.1, -0.05) is 0 Å². The summed E-state index contributed by atoms with van der Waals surface area (Å²) in [4.78, 5) is 51.6. The minimum atomic E-state index is -1.09. The quantitative estimate of drug-likeness (QED) is 0.674. The van der Waals surface area contributed by atoms with E-state index in [1.165, 1.54) is 52.9 Å². The van der Waals surface area contributed by atoms with Gasteiger partial charge >= 0.3 is 5.69 Å². The first-order chi connectivity index (χ1) is 14.2. The molecule has 30 heavy (non-hydrogen) atoms.